The number of amides is 1. The largest absolute Gasteiger partial charge is 0.357 e. The molecule has 2 aliphatic rings. The van der Waals surface area contributed by atoms with Crippen LogP contribution in [0.2, 0.25) is 0 Å². The maximum atomic E-state index is 13.3. The Balaban J connectivity index is 2.02. The highest BCUT2D eigenvalue weighted by atomic mass is 32.2. The van der Waals surface area contributed by atoms with Gasteiger partial charge in [-0.2, -0.15) is 5.26 Å². The zero-order chi connectivity index (χ0) is 24.7. The summed E-state index contributed by atoms with van der Waals surface area (Å²) in [6.07, 6.45) is 11.6. The summed E-state index contributed by atoms with van der Waals surface area (Å²) >= 11 is 6.87. The molecule has 0 saturated carbocycles. The van der Waals surface area contributed by atoms with Gasteiger partial charge >= 0.3 is 0 Å². The molecule has 8 heteroatoms. The maximum absolute atomic E-state index is 13.3. The van der Waals surface area contributed by atoms with Crippen LogP contribution in [-0.4, -0.2) is 39.3 Å². The number of hydrogen-bond acceptors (Lipinski definition) is 6. The van der Waals surface area contributed by atoms with Crippen LogP contribution < -0.4 is 10.5 Å². The molecule has 0 atom stereocenters. The van der Waals surface area contributed by atoms with Gasteiger partial charge in [0.05, 0.1) is 4.91 Å². The summed E-state index contributed by atoms with van der Waals surface area (Å²) in [5.41, 5.74) is 1.37. The highest BCUT2D eigenvalue weighted by Crippen LogP contribution is 2.36. The topological polar surface area (TPSA) is 69.3 Å². The molecule has 0 aliphatic carbocycles. The van der Waals surface area contributed by atoms with Crippen LogP contribution in [0.25, 0.3) is 6.08 Å². The molecule has 0 aromatic carbocycles. The third kappa shape index (κ3) is 5.75. The Morgan fingerprint density at radius 1 is 1.03 bits per heavy atom. The second-order valence-electron chi connectivity index (χ2n) is 9.10. The van der Waals surface area contributed by atoms with E-state index in [-0.39, 0.29) is 17.0 Å². The number of nitrogens with zero attached hydrogens (tertiary/aromatic N) is 4. The van der Waals surface area contributed by atoms with Gasteiger partial charge in [0.1, 0.15) is 21.8 Å². The van der Waals surface area contributed by atoms with Gasteiger partial charge in [-0.05, 0) is 50.7 Å². The van der Waals surface area contributed by atoms with Gasteiger partial charge in [-0.15, -0.1) is 0 Å². The molecule has 184 valence electrons. The first-order valence-corrected chi connectivity index (χ1v) is 13.8. The van der Waals surface area contributed by atoms with Crippen LogP contribution in [0.15, 0.2) is 9.70 Å². The number of anilines is 1. The average molecular weight is 501 g/mol. The van der Waals surface area contributed by atoms with Crippen molar-refractivity contribution in [2.75, 3.05) is 24.5 Å². The highest BCUT2D eigenvalue weighted by molar-refractivity contribution is 8.26. The Morgan fingerprint density at radius 2 is 1.74 bits per heavy atom. The molecule has 6 nitrogen and oxygen atoms in total. The van der Waals surface area contributed by atoms with Crippen molar-refractivity contribution in [3.8, 4) is 6.07 Å². The summed E-state index contributed by atoms with van der Waals surface area (Å²) in [4.78, 5) is 31.0. The molecular weight excluding hydrogens is 464 g/mol. The molecule has 34 heavy (non-hydrogen) atoms. The van der Waals surface area contributed by atoms with E-state index in [0.717, 1.165) is 56.6 Å². The molecular formula is C26H36N4O2S2. The van der Waals surface area contributed by atoms with Gasteiger partial charge < -0.3 is 4.90 Å². The molecule has 1 aromatic rings. The first kappa shape index (κ1) is 26.5. The molecule has 0 bridgehead atoms. The van der Waals surface area contributed by atoms with Crippen molar-refractivity contribution in [1.29, 1.82) is 5.26 Å². The van der Waals surface area contributed by atoms with Gasteiger partial charge in [0.25, 0.3) is 11.5 Å². The van der Waals surface area contributed by atoms with Crippen LogP contribution in [0.5, 0.6) is 0 Å². The summed E-state index contributed by atoms with van der Waals surface area (Å²) in [6.45, 7) is 8.96. The standard InChI is InChI=1S/C26H36N4O2S2/c1-4-6-7-8-12-16-30-25(32)22(34-26(30)33)17-20-19(3)21(18-27)24(31)29(13-5-2)23(20)28-14-10-9-11-15-28/h17H,4-16H2,1-3H3. The average Bonchev–Trinajstić information content (AvgIpc) is 3.10. The fraction of sp³-hybridized carbons (Fsp3) is 0.615. The number of carbonyl (C=O) groups is 1. The zero-order valence-corrected chi connectivity index (χ0v) is 22.3. The third-order valence-electron chi connectivity index (χ3n) is 6.58. The predicted octanol–water partition coefficient (Wildman–Crippen LogP) is 5.60. The van der Waals surface area contributed by atoms with Crippen LogP contribution in [0, 0.1) is 18.3 Å². The number of thioether (sulfide) groups is 1. The number of hydrogen-bond donors (Lipinski definition) is 0. The summed E-state index contributed by atoms with van der Waals surface area (Å²) in [5, 5.41) is 9.77. The number of aromatic nitrogens is 1. The van der Waals surface area contributed by atoms with Gasteiger partial charge in [0.2, 0.25) is 0 Å². The lowest BCUT2D eigenvalue weighted by atomic mass is 10.0. The number of pyridine rings is 1. The van der Waals surface area contributed by atoms with E-state index < -0.39 is 0 Å². The van der Waals surface area contributed by atoms with E-state index >= 15 is 0 Å². The number of piperidine rings is 1. The summed E-state index contributed by atoms with van der Waals surface area (Å²) in [5.74, 6) is 0.772. The minimum Gasteiger partial charge on any atom is -0.357 e. The lowest BCUT2D eigenvalue weighted by Gasteiger charge is -2.33. The van der Waals surface area contributed by atoms with Crippen molar-refractivity contribution in [3.05, 3.63) is 31.9 Å². The molecule has 2 aliphatic heterocycles. The van der Waals surface area contributed by atoms with E-state index in [4.69, 9.17) is 12.2 Å². The van der Waals surface area contributed by atoms with Crippen molar-refractivity contribution < 1.29 is 4.79 Å². The molecule has 0 radical (unpaired) electrons. The lowest BCUT2D eigenvalue weighted by molar-refractivity contribution is -0.122. The van der Waals surface area contributed by atoms with E-state index in [1.165, 1.54) is 37.4 Å². The molecule has 0 N–H and O–H groups in total. The van der Waals surface area contributed by atoms with Gasteiger partial charge in [0, 0.05) is 31.7 Å². The first-order chi connectivity index (χ1) is 16.4. The van der Waals surface area contributed by atoms with Crippen LogP contribution >= 0.6 is 24.0 Å². The Morgan fingerprint density at radius 3 is 2.38 bits per heavy atom. The minimum atomic E-state index is -0.237. The van der Waals surface area contributed by atoms with E-state index in [1.54, 1.807) is 9.47 Å². The molecule has 3 heterocycles. The van der Waals surface area contributed by atoms with Crippen molar-refractivity contribution in [1.82, 2.24) is 9.47 Å². The van der Waals surface area contributed by atoms with Crippen molar-refractivity contribution in [3.63, 3.8) is 0 Å². The van der Waals surface area contributed by atoms with E-state index in [2.05, 4.69) is 17.9 Å². The number of nitriles is 1. The highest BCUT2D eigenvalue weighted by Gasteiger charge is 2.33. The van der Waals surface area contributed by atoms with Crippen LogP contribution in [0.3, 0.4) is 0 Å². The quantitative estimate of drug-likeness (QED) is 0.237. The van der Waals surface area contributed by atoms with Crippen molar-refractivity contribution in [2.24, 2.45) is 0 Å². The summed E-state index contributed by atoms with van der Waals surface area (Å²) < 4.78 is 2.34. The van der Waals surface area contributed by atoms with E-state index in [9.17, 15) is 14.9 Å². The fourth-order valence-electron chi connectivity index (χ4n) is 4.72. The smallest absolute Gasteiger partial charge is 0.270 e. The van der Waals surface area contributed by atoms with Gasteiger partial charge in [-0.3, -0.25) is 19.1 Å². The van der Waals surface area contributed by atoms with Crippen LogP contribution in [-0.2, 0) is 11.3 Å². The monoisotopic (exact) mass is 500 g/mol. The maximum Gasteiger partial charge on any atom is 0.270 e. The predicted molar refractivity (Wildman–Crippen MR) is 145 cm³/mol. The molecule has 1 amide bonds. The first-order valence-electron chi connectivity index (χ1n) is 12.6. The number of unbranched alkanes of at least 4 members (excludes halogenated alkanes) is 4. The summed E-state index contributed by atoms with van der Waals surface area (Å²) in [7, 11) is 0. The van der Waals surface area contributed by atoms with Crippen LogP contribution in [0.1, 0.15) is 88.3 Å². The lowest BCUT2D eigenvalue weighted by Crippen LogP contribution is -2.37. The zero-order valence-electron chi connectivity index (χ0n) is 20.7. The molecule has 2 fully saturated rings. The Kier molecular flexibility index (Phi) is 9.78. The molecule has 1 aromatic heterocycles. The van der Waals surface area contributed by atoms with Crippen molar-refractivity contribution in [2.45, 2.75) is 85.1 Å². The Labute approximate surface area is 213 Å². The Bertz CT molecular complexity index is 1050. The van der Waals surface area contributed by atoms with Gasteiger partial charge in [-0.1, -0.05) is 63.5 Å². The van der Waals surface area contributed by atoms with Crippen LogP contribution in [0.4, 0.5) is 5.82 Å². The van der Waals surface area contributed by atoms with E-state index in [1.807, 2.05) is 19.9 Å². The summed E-state index contributed by atoms with van der Waals surface area (Å²) in [6, 6.07) is 2.12. The van der Waals surface area contributed by atoms with E-state index in [0.29, 0.717) is 27.9 Å². The minimum absolute atomic E-state index is 0.0683. The Hall–Kier alpha value is -2.11. The fourth-order valence-corrected chi connectivity index (χ4v) is 6.01. The third-order valence-corrected chi connectivity index (χ3v) is 7.96. The number of carbonyl (C=O) groups excluding carboxylic acids is 1. The molecule has 0 spiro atoms. The number of thiocarbonyl (C=S) groups is 1. The molecule has 0 unspecified atom stereocenters. The molecule has 2 saturated heterocycles. The SMILES string of the molecule is CCCCCCCN1C(=O)C(=Cc2c(C)c(C#N)c(=O)n(CCC)c2N2CCCCC2)SC1=S. The molecule has 3 rings (SSSR count). The number of rotatable bonds is 10. The second-order valence-corrected chi connectivity index (χ2v) is 10.8. The van der Waals surface area contributed by atoms with Gasteiger partial charge in [-0.25, -0.2) is 0 Å². The second kappa shape index (κ2) is 12.6. The van der Waals surface area contributed by atoms with Crippen molar-refractivity contribution >= 4 is 46.1 Å². The normalized spacial score (nSPS) is 17.6. The van der Waals surface area contributed by atoms with Gasteiger partial charge in [0.15, 0.2) is 0 Å².